The van der Waals surface area contributed by atoms with Gasteiger partial charge in [0.2, 0.25) is 0 Å². The van der Waals surface area contributed by atoms with Crippen LogP contribution in [0.2, 0.25) is 0 Å². The van der Waals surface area contributed by atoms with Crippen molar-refractivity contribution in [2.45, 2.75) is 13.0 Å². The highest BCUT2D eigenvalue weighted by molar-refractivity contribution is 7.10. The van der Waals surface area contributed by atoms with E-state index in [-0.39, 0.29) is 6.61 Å². The first-order chi connectivity index (χ1) is 9.17. The van der Waals surface area contributed by atoms with Crippen LogP contribution in [0, 0.1) is 17.8 Å². The van der Waals surface area contributed by atoms with Gasteiger partial charge in [0.05, 0.1) is 0 Å². The Morgan fingerprint density at radius 3 is 3.11 bits per heavy atom. The number of aliphatic hydroxyl groups excluding tert-OH is 1. The number of hydrogen-bond acceptors (Lipinski definition) is 4. The Morgan fingerprint density at radius 1 is 1.58 bits per heavy atom. The minimum atomic E-state index is -0.0692. The van der Waals surface area contributed by atoms with Crippen molar-refractivity contribution in [3.8, 4) is 11.8 Å². The number of likely N-dealkylation sites (tertiary alicyclic amines) is 1. The van der Waals surface area contributed by atoms with Crippen LogP contribution in [0.3, 0.4) is 0 Å². The monoisotopic (exact) mass is 278 g/mol. The lowest BCUT2D eigenvalue weighted by Gasteiger charge is -2.20. The lowest BCUT2D eigenvalue weighted by molar-refractivity contribution is 0.269. The molecule has 1 unspecified atom stereocenters. The highest BCUT2D eigenvalue weighted by atomic mass is 32.1. The topological polar surface area (TPSA) is 26.7 Å². The third kappa shape index (κ3) is 4.63. The molecule has 0 radical (unpaired) electrons. The fraction of sp³-hybridized carbons (Fsp3) is 0.600. The molecular formula is C15H22N2OS. The van der Waals surface area contributed by atoms with E-state index in [1.54, 1.807) is 11.3 Å². The van der Waals surface area contributed by atoms with Crippen LogP contribution in [0.15, 0.2) is 11.4 Å². The molecule has 0 bridgehead atoms. The molecule has 19 heavy (non-hydrogen) atoms. The molecule has 1 fully saturated rings. The Balaban J connectivity index is 1.81. The van der Waals surface area contributed by atoms with E-state index in [1.807, 2.05) is 0 Å². The van der Waals surface area contributed by atoms with Crippen molar-refractivity contribution in [2.24, 2.45) is 5.92 Å². The zero-order valence-electron chi connectivity index (χ0n) is 11.7. The molecule has 0 aromatic carbocycles. The predicted octanol–water partition coefficient (Wildman–Crippen LogP) is 1.48. The molecule has 1 aliphatic rings. The fourth-order valence-electron chi connectivity index (χ4n) is 2.62. The van der Waals surface area contributed by atoms with Crippen molar-refractivity contribution < 1.29 is 5.11 Å². The third-order valence-electron chi connectivity index (χ3n) is 3.45. The molecule has 1 aromatic heterocycles. The lowest BCUT2D eigenvalue weighted by atomic mass is 10.1. The molecule has 0 saturated carbocycles. The number of rotatable bonds is 4. The molecule has 2 rings (SSSR count). The predicted molar refractivity (Wildman–Crippen MR) is 80.2 cm³/mol. The summed E-state index contributed by atoms with van der Waals surface area (Å²) in [7, 11) is 4.39. The van der Waals surface area contributed by atoms with Gasteiger partial charge in [-0.1, -0.05) is 11.8 Å². The summed E-state index contributed by atoms with van der Waals surface area (Å²) in [4.78, 5) is 6.15. The fourth-order valence-corrected chi connectivity index (χ4v) is 3.51. The van der Waals surface area contributed by atoms with Gasteiger partial charge in [0.15, 0.2) is 0 Å². The molecule has 0 amide bonds. The van der Waals surface area contributed by atoms with Crippen molar-refractivity contribution in [1.82, 2.24) is 9.80 Å². The Labute approximate surface area is 119 Å². The molecule has 1 N–H and O–H groups in total. The van der Waals surface area contributed by atoms with Gasteiger partial charge in [-0.2, -0.15) is 0 Å². The number of hydrogen-bond donors (Lipinski definition) is 1. The van der Waals surface area contributed by atoms with Crippen LogP contribution in [-0.4, -0.2) is 55.2 Å². The molecule has 1 saturated heterocycles. The minimum absolute atomic E-state index is 0.0692. The van der Waals surface area contributed by atoms with E-state index in [0.717, 1.165) is 18.0 Å². The average molecular weight is 278 g/mol. The standard InChI is InChI=1S/C15H22N2OS/c1-16-6-5-14(9-16)10-17(2)11-15-8-13(12-19-15)4-3-7-18/h8,12,14,18H,5-7,9-11H2,1-2H3. The molecule has 1 atom stereocenters. The SMILES string of the molecule is CN1CCC(CN(C)Cc2cc(C#CCO)cs2)C1. The van der Waals surface area contributed by atoms with Crippen LogP contribution < -0.4 is 0 Å². The van der Waals surface area contributed by atoms with Crippen LogP contribution in [0.5, 0.6) is 0 Å². The first-order valence-corrected chi connectivity index (χ1v) is 7.59. The van der Waals surface area contributed by atoms with Gasteiger partial charge in [0, 0.05) is 35.5 Å². The van der Waals surface area contributed by atoms with E-state index < -0.39 is 0 Å². The molecule has 104 valence electrons. The van der Waals surface area contributed by atoms with Crippen LogP contribution in [0.4, 0.5) is 0 Å². The molecule has 1 aliphatic heterocycles. The third-order valence-corrected chi connectivity index (χ3v) is 4.37. The zero-order chi connectivity index (χ0) is 13.7. The van der Waals surface area contributed by atoms with Gasteiger partial charge in [0.25, 0.3) is 0 Å². The summed E-state index contributed by atoms with van der Waals surface area (Å²) in [6, 6.07) is 2.13. The molecule has 3 nitrogen and oxygen atoms in total. The van der Waals surface area contributed by atoms with Gasteiger partial charge in [-0.25, -0.2) is 0 Å². The Bertz CT molecular complexity index is 460. The van der Waals surface area contributed by atoms with Gasteiger partial charge in [0.1, 0.15) is 6.61 Å². The minimum Gasteiger partial charge on any atom is -0.384 e. The number of aliphatic hydroxyl groups is 1. The second-order valence-corrected chi connectivity index (χ2v) is 6.37. The summed E-state index contributed by atoms with van der Waals surface area (Å²) in [6.45, 7) is 4.55. The molecule has 1 aromatic rings. The first-order valence-electron chi connectivity index (χ1n) is 6.71. The van der Waals surface area contributed by atoms with Crippen molar-refractivity contribution >= 4 is 11.3 Å². The van der Waals surface area contributed by atoms with E-state index in [1.165, 1.54) is 30.9 Å². The van der Waals surface area contributed by atoms with E-state index in [9.17, 15) is 0 Å². The molecule has 0 aliphatic carbocycles. The summed E-state index contributed by atoms with van der Waals surface area (Å²) >= 11 is 1.75. The second kappa shape index (κ2) is 7.06. The summed E-state index contributed by atoms with van der Waals surface area (Å²) < 4.78 is 0. The first kappa shape index (κ1) is 14.5. The maximum absolute atomic E-state index is 8.68. The maximum atomic E-state index is 8.68. The summed E-state index contributed by atoms with van der Waals surface area (Å²) in [6.07, 6.45) is 1.32. The van der Waals surface area contributed by atoms with Gasteiger partial charge < -0.3 is 14.9 Å². The molecule has 4 heteroatoms. The smallest absolute Gasteiger partial charge is 0.104 e. The highest BCUT2D eigenvalue weighted by Gasteiger charge is 2.20. The lowest BCUT2D eigenvalue weighted by Crippen LogP contribution is -2.26. The van der Waals surface area contributed by atoms with Crippen LogP contribution in [0.25, 0.3) is 0 Å². The average Bonchev–Trinajstić information content (AvgIpc) is 2.96. The van der Waals surface area contributed by atoms with E-state index >= 15 is 0 Å². The summed E-state index contributed by atoms with van der Waals surface area (Å²) in [5, 5.41) is 10.7. The Kier molecular flexibility index (Phi) is 5.41. The van der Waals surface area contributed by atoms with Crippen molar-refractivity contribution in [2.75, 3.05) is 40.3 Å². The summed E-state index contributed by atoms with van der Waals surface area (Å²) in [5.74, 6) is 6.45. The van der Waals surface area contributed by atoms with Gasteiger partial charge >= 0.3 is 0 Å². The van der Waals surface area contributed by atoms with E-state index in [2.05, 4.69) is 47.2 Å². The maximum Gasteiger partial charge on any atom is 0.104 e. The van der Waals surface area contributed by atoms with Crippen LogP contribution >= 0.6 is 11.3 Å². The van der Waals surface area contributed by atoms with E-state index in [0.29, 0.717) is 0 Å². The van der Waals surface area contributed by atoms with E-state index in [4.69, 9.17) is 5.11 Å². The van der Waals surface area contributed by atoms with Gasteiger partial charge in [-0.15, -0.1) is 11.3 Å². The second-order valence-electron chi connectivity index (χ2n) is 5.38. The van der Waals surface area contributed by atoms with Crippen molar-refractivity contribution in [3.63, 3.8) is 0 Å². The van der Waals surface area contributed by atoms with Gasteiger partial charge in [-0.3, -0.25) is 0 Å². The Hall–Kier alpha value is -0.860. The van der Waals surface area contributed by atoms with Gasteiger partial charge in [-0.05, 0) is 39.0 Å². The normalized spacial score (nSPS) is 19.7. The number of thiophene rings is 1. The summed E-state index contributed by atoms with van der Waals surface area (Å²) in [5.41, 5.74) is 1.02. The number of nitrogens with zero attached hydrogens (tertiary/aromatic N) is 2. The molecular weight excluding hydrogens is 256 g/mol. The highest BCUT2D eigenvalue weighted by Crippen LogP contribution is 2.19. The van der Waals surface area contributed by atoms with Crippen molar-refractivity contribution in [3.05, 3.63) is 21.9 Å². The zero-order valence-corrected chi connectivity index (χ0v) is 12.5. The van der Waals surface area contributed by atoms with Crippen LogP contribution in [0.1, 0.15) is 16.9 Å². The van der Waals surface area contributed by atoms with Crippen LogP contribution in [-0.2, 0) is 6.54 Å². The molecule has 2 heterocycles. The largest absolute Gasteiger partial charge is 0.384 e. The molecule has 0 spiro atoms. The Morgan fingerprint density at radius 2 is 2.42 bits per heavy atom. The van der Waals surface area contributed by atoms with Crippen molar-refractivity contribution in [1.29, 1.82) is 0 Å². The quantitative estimate of drug-likeness (QED) is 0.845.